The maximum Gasteiger partial charge on any atom is 0.280 e. The van der Waals surface area contributed by atoms with E-state index in [1.54, 1.807) is 30.1 Å². The summed E-state index contributed by atoms with van der Waals surface area (Å²) in [6, 6.07) is 4.55. The van der Waals surface area contributed by atoms with Crippen molar-refractivity contribution in [3.05, 3.63) is 69.3 Å². The van der Waals surface area contributed by atoms with Crippen LogP contribution < -0.4 is 5.56 Å². The SMILES string of the molecule is Cn1cnc2ncn(Cc3nc([C@@H]4CO[C@@H](c5ccc(F)c(Cl)c5)C4)no3)c(=O)c21. The van der Waals surface area contributed by atoms with Crippen molar-refractivity contribution in [2.45, 2.75) is 25.0 Å². The summed E-state index contributed by atoms with van der Waals surface area (Å²) in [6.45, 7) is 0.506. The van der Waals surface area contributed by atoms with Gasteiger partial charge >= 0.3 is 0 Å². The van der Waals surface area contributed by atoms with Gasteiger partial charge in [-0.15, -0.1) is 0 Å². The Morgan fingerprint density at radius 3 is 2.97 bits per heavy atom. The first-order valence-corrected chi connectivity index (χ1v) is 9.63. The monoisotopic (exact) mass is 430 g/mol. The van der Waals surface area contributed by atoms with E-state index >= 15 is 0 Å². The molecule has 2 atom stereocenters. The first-order chi connectivity index (χ1) is 14.5. The van der Waals surface area contributed by atoms with Crippen molar-refractivity contribution in [2.75, 3.05) is 6.61 Å². The van der Waals surface area contributed by atoms with E-state index in [1.165, 1.54) is 17.0 Å². The molecule has 30 heavy (non-hydrogen) atoms. The number of hydrogen-bond donors (Lipinski definition) is 0. The summed E-state index contributed by atoms with van der Waals surface area (Å²) in [5.74, 6) is 0.254. The molecule has 9 nitrogen and oxygen atoms in total. The number of imidazole rings is 1. The molecule has 3 aromatic heterocycles. The van der Waals surface area contributed by atoms with Gasteiger partial charge in [0.2, 0.25) is 5.89 Å². The van der Waals surface area contributed by atoms with Crippen LogP contribution in [0.5, 0.6) is 0 Å². The topological polar surface area (TPSA) is 101 Å². The minimum atomic E-state index is -0.466. The van der Waals surface area contributed by atoms with Gasteiger partial charge in [0, 0.05) is 13.0 Å². The van der Waals surface area contributed by atoms with Crippen LogP contribution in [0.1, 0.15) is 35.7 Å². The first kappa shape index (κ1) is 18.9. The lowest BCUT2D eigenvalue weighted by molar-refractivity contribution is 0.110. The maximum absolute atomic E-state index is 13.4. The predicted molar refractivity (Wildman–Crippen MR) is 104 cm³/mol. The van der Waals surface area contributed by atoms with Crippen molar-refractivity contribution in [3.63, 3.8) is 0 Å². The Labute approximate surface area is 174 Å². The second-order valence-corrected chi connectivity index (χ2v) is 7.59. The van der Waals surface area contributed by atoms with Crippen molar-refractivity contribution >= 4 is 22.8 Å². The minimum Gasteiger partial charge on any atom is -0.373 e. The zero-order valence-electron chi connectivity index (χ0n) is 15.8. The fourth-order valence-corrected chi connectivity index (χ4v) is 3.77. The Kier molecular flexibility index (Phi) is 4.59. The fraction of sp³-hybridized carbons (Fsp3) is 0.316. The number of nitrogens with zero attached hydrogens (tertiary/aromatic N) is 6. The Balaban J connectivity index is 1.33. The second kappa shape index (κ2) is 7.29. The van der Waals surface area contributed by atoms with Crippen LogP contribution in [0.2, 0.25) is 5.02 Å². The molecule has 11 heteroatoms. The molecule has 1 aliphatic heterocycles. The van der Waals surface area contributed by atoms with E-state index in [9.17, 15) is 9.18 Å². The summed E-state index contributed by atoms with van der Waals surface area (Å²) in [4.78, 5) is 25.3. The highest BCUT2D eigenvalue weighted by Gasteiger charge is 2.31. The van der Waals surface area contributed by atoms with Crippen LogP contribution in [-0.2, 0) is 18.3 Å². The van der Waals surface area contributed by atoms with Crippen LogP contribution in [0.3, 0.4) is 0 Å². The van der Waals surface area contributed by atoms with E-state index in [0.29, 0.717) is 35.9 Å². The molecular formula is C19H16ClFN6O3. The maximum atomic E-state index is 13.4. The molecule has 4 heterocycles. The van der Waals surface area contributed by atoms with E-state index in [1.807, 2.05) is 0 Å². The summed E-state index contributed by atoms with van der Waals surface area (Å²) in [5, 5.41) is 4.11. The van der Waals surface area contributed by atoms with E-state index in [0.717, 1.165) is 5.56 Å². The molecule has 0 aliphatic carbocycles. The number of hydrogen-bond acceptors (Lipinski definition) is 7. The molecule has 4 aromatic rings. The summed E-state index contributed by atoms with van der Waals surface area (Å²) >= 11 is 5.87. The first-order valence-electron chi connectivity index (χ1n) is 9.25. The molecule has 5 rings (SSSR count). The molecule has 1 fully saturated rings. The molecule has 0 spiro atoms. The largest absolute Gasteiger partial charge is 0.373 e. The van der Waals surface area contributed by atoms with Gasteiger partial charge in [-0.3, -0.25) is 9.36 Å². The van der Waals surface area contributed by atoms with E-state index in [-0.39, 0.29) is 29.1 Å². The van der Waals surface area contributed by atoms with Crippen LogP contribution >= 0.6 is 11.6 Å². The summed E-state index contributed by atoms with van der Waals surface area (Å²) in [7, 11) is 1.73. The van der Waals surface area contributed by atoms with Gasteiger partial charge in [-0.2, -0.15) is 4.98 Å². The lowest BCUT2D eigenvalue weighted by Crippen LogP contribution is -2.22. The van der Waals surface area contributed by atoms with Crippen molar-refractivity contribution in [1.82, 2.24) is 29.2 Å². The highest BCUT2D eigenvalue weighted by atomic mass is 35.5. The lowest BCUT2D eigenvalue weighted by atomic mass is 10.00. The summed E-state index contributed by atoms with van der Waals surface area (Å²) in [6.07, 6.45) is 3.34. The average Bonchev–Trinajstić information content (AvgIpc) is 3.46. The van der Waals surface area contributed by atoms with Gasteiger partial charge in [0.1, 0.15) is 18.7 Å². The molecule has 0 saturated carbocycles. The third-order valence-electron chi connectivity index (χ3n) is 5.17. The molecule has 0 amide bonds. The van der Waals surface area contributed by atoms with Crippen LogP contribution in [0.25, 0.3) is 11.2 Å². The molecule has 0 unspecified atom stereocenters. The van der Waals surface area contributed by atoms with Gasteiger partial charge in [0.05, 0.1) is 24.1 Å². The highest BCUT2D eigenvalue weighted by molar-refractivity contribution is 6.30. The lowest BCUT2D eigenvalue weighted by Gasteiger charge is -2.10. The second-order valence-electron chi connectivity index (χ2n) is 7.18. The van der Waals surface area contributed by atoms with E-state index in [4.69, 9.17) is 20.9 Å². The third-order valence-corrected chi connectivity index (χ3v) is 5.46. The molecule has 1 aliphatic rings. The Morgan fingerprint density at radius 2 is 2.13 bits per heavy atom. The Bertz CT molecular complexity index is 1300. The number of halogens is 2. The number of aryl methyl sites for hydroxylation is 1. The van der Waals surface area contributed by atoms with Gasteiger partial charge in [-0.1, -0.05) is 22.8 Å². The number of fused-ring (bicyclic) bond motifs is 1. The Morgan fingerprint density at radius 1 is 1.30 bits per heavy atom. The number of benzene rings is 1. The van der Waals surface area contributed by atoms with Crippen LogP contribution in [0.4, 0.5) is 4.39 Å². The Hall–Kier alpha value is -3.11. The van der Waals surface area contributed by atoms with Gasteiger partial charge < -0.3 is 13.8 Å². The normalized spacial score (nSPS) is 19.0. The predicted octanol–water partition coefficient (Wildman–Crippen LogP) is 2.60. The molecule has 0 bridgehead atoms. The fourth-order valence-electron chi connectivity index (χ4n) is 3.58. The number of aromatic nitrogens is 6. The molecule has 0 radical (unpaired) electrons. The molecular weight excluding hydrogens is 415 g/mol. The summed E-state index contributed by atoms with van der Waals surface area (Å²) in [5.41, 5.74) is 1.36. The minimum absolute atomic E-state index is 0.0610. The van der Waals surface area contributed by atoms with Crippen molar-refractivity contribution < 1.29 is 13.7 Å². The van der Waals surface area contributed by atoms with Gasteiger partial charge in [0.15, 0.2) is 17.0 Å². The van der Waals surface area contributed by atoms with Crippen LogP contribution in [0.15, 0.2) is 40.2 Å². The van der Waals surface area contributed by atoms with E-state index in [2.05, 4.69) is 20.1 Å². The highest BCUT2D eigenvalue weighted by Crippen LogP contribution is 2.38. The summed E-state index contributed by atoms with van der Waals surface area (Å²) < 4.78 is 27.6. The number of ether oxygens (including phenoxy) is 1. The standard InChI is InChI=1S/C19H16ClFN6O3/c1-26-8-22-18-16(26)19(28)27(9-23-18)6-15-24-17(25-30-15)11-5-14(29-7-11)10-2-3-13(21)12(20)4-10/h2-4,8-9,11,14H,5-7H2,1H3/t11-,14+/m0/s1. The van der Waals surface area contributed by atoms with Crippen molar-refractivity contribution in [2.24, 2.45) is 7.05 Å². The smallest absolute Gasteiger partial charge is 0.280 e. The van der Waals surface area contributed by atoms with Gasteiger partial charge in [-0.05, 0) is 24.1 Å². The van der Waals surface area contributed by atoms with Crippen LogP contribution in [0, 0.1) is 5.82 Å². The van der Waals surface area contributed by atoms with Crippen molar-refractivity contribution in [1.29, 1.82) is 0 Å². The van der Waals surface area contributed by atoms with E-state index < -0.39 is 5.82 Å². The van der Waals surface area contributed by atoms with Crippen molar-refractivity contribution in [3.8, 4) is 0 Å². The van der Waals surface area contributed by atoms with Gasteiger partial charge in [-0.25, -0.2) is 14.4 Å². The average molecular weight is 431 g/mol. The molecule has 154 valence electrons. The zero-order chi connectivity index (χ0) is 20.8. The molecule has 1 aromatic carbocycles. The van der Waals surface area contributed by atoms with Gasteiger partial charge in [0.25, 0.3) is 5.56 Å². The third kappa shape index (κ3) is 3.27. The quantitative estimate of drug-likeness (QED) is 0.490. The van der Waals surface area contributed by atoms with Crippen LogP contribution in [-0.4, -0.2) is 35.8 Å². The molecule has 0 N–H and O–H groups in total. The number of rotatable bonds is 4. The molecule has 1 saturated heterocycles. The zero-order valence-corrected chi connectivity index (χ0v) is 16.6.